The molecule has 0 amide bonds. The maximum Gasteiger partial charge on any atom is 0.282 e. The van der Waals surface area contributed by atoms with Gasteiger partial charge in [0.2, 0.25) is 5.82 Å². The Labute approximate surface area is 202 Å². The minimum absolute atomic E-state index is 0.0178. The van der Waals surface area contributed by atoms with Crippen molar-refractivity contribution in [3.8, 4) is 17.3 Å². The summed E-state index contributed by atoms with van der Waals surface area (Å²) in [5, 5.41) is 5.98. The number of rotatable bonds is 6. The van der Waals surface area contributed by atoms with Gasteiger partial charge in [-0.15, -0.1) is 0 Å². The van der Waals surface area contributed by atoms with Crippen molar-refractivity contribution >= 4 is 33.8 Å². The summed E-state index contributed by atoms with van der Waals surface area (Å²) in [6.45, 7) is 3.95. The van der Waals surface area contributed by atoms with Crippen LogP contribution in [0.25, 0.3) is 33.5 Å². The molecular formula is C28H26N4O3. The standard InChI is InChI=1S/C28H26N4O3/c1-18(2)34-25-16-21(31(3)4)14-13-20(25)17-29-32-27(26-15-19-9-5-8-12-24(19)35-26)30-23-11-7-6-10-22(23)28(32)33/h5-18H,1-4H3. The van der Waals surface area contributed by atoms with Gasteiger partial charge in [0, 0.05) is 36.8 Å². The number of aromatic nitrogens is 2. The van der Waals surface area contributed by atoms with Crippen molar-refractivity contribution < 1.29 is 9.15 Å². The van der Waals surface area contributed by atoms with E-state index in [0.29, 0.717) is 33.8 Å². The highest BCUT2D eigenvalue weighted by Gasteiger charge is 2.16. The molecule has 0 bridgehead atoms. The summed E-state index contributed by atoms with van der Waals surface area (Å²) in [5.41, 5.74) is 2.77. The first-order valence-electron chi connectivity index (χ1n) is 11.4. The minimum Gasteiger partial charge on any atom is -0.490 e. The van der Waals surface area contributed by atoms with Gasteiger partial charge in [-0.1, -0.05) is 30.3 Å². The Hall–Kier alpha value is -4.39. The molecule has 0 radical (unpaired) electrons. The highest BCUT2D eigenvalue weighted by atomic mass is 16.5. The molecule has 0 aliphatic rings. The molecule has 5 rings (SSSR count). The van der Waals surface area contributed by atoms with E-state index in [1.807, 2.05) is 99.6 Å². The fourth-order valence-electron chi connectivity index (χ4n) is 3.87. The molecule has 0 fully saturated rings. The van der Waals surface area contributed by atoms with Gasteiger partial charge in [-0.3, -0.25) is 4.79 Å². The lowest BCUT2D eigenvalue weighted by Gasteiger charge is -2.17. The molecule has 176 valence electrons. The SMILES string of the molecule is CC(C)Oc1cc(N(C)C)ccc1C=Nn1c(-c2cc3ccccc3o2)nc2ccccc2c1=O. The average Bonchev–Trinajstić information content (AvgIpc) is 3.28. The third-order valence-corrected chi connectivity index (χ3v) is 5.59. The zero-order chi connectivity index (χ0) is 24.5. The molecule has 3 aromatic carbocycles. The second kappa shape index (κ2) is 9.10. The molecular weight excluding hydrogens is 440 g/mol. The lowest BCUT2D eigenvalue weighted by Crippen LogP contribution is -2.20. The molecule has 5 aromatic rings. The van der Waals surface area contributed by atoms with Gasteiger partial charge in [-0.2, -0.15) is 9.78 Å². The highest BCUT2D eigenvalue weighted by molar-refractivity contribution is 5.86. The number of benzene rings is 3. The van der Waals surface area contributed by atoms with Gasteiger partial charge in [-0.05, 0) is 50.2 Å². The predicted molar refractivity (Wildman–Crippen MR) is 141 cm³/mol. The van der Waals surface area contributed by atoms with E-state index in [-0.39, 0.29) is 11.7 Å². The van der Waals surface area contributed by atoms with Crippen molar-refractivity contribution in [1.29, 1.82) is 0 Å². The summed E-state index contributed by atoms with van der Waals surface area (Å²) in [4.78, 5) is 20.2. The summed E-state index contributed by atoms with van der Waals surface area (Å²) in [5.74, 6) is 1.48. The van der Waals surface area contributed by atoms with E-state index in [4.69, 9.17) is 14.1 Å². The van der Waals surface area contributed by atoms with Gasteiger partial charge < -0.3 is 14.1 Å². The first kappa shape index (κ1) is 22.4. The summed E-state index contributed by atoms with van der Waals surface area (Å²) in [7, 11) is 3.95. The Morgan fingerprint density at radius 2 is 1.80 bits per heavy atom. The van der Waals surface area contributed by atoms with E-state index in [2.05, 4.69) is 5.10 Å². The van der Waals surface area contributed by atoms with E-state index < -0.39 is 0 Å². The van der Waals surface area contributed by atoms with Gasteiger partial charge in [0.25, 0.3) is 5.56 Å². The van der Waals surface area contributed by atoms with E-state index in [1.54, 1.807) is 12.3 Å². The van der Waals surface area contributed by atoms with Crippen LogP contribution in [0, 0.1) is 0 Å². The first-order chi connectivity index (χ1) is 16.9. The van der Waals surface area contributed by atoms with Gasteiger partial charge in [0.15, 0.2) is 5.76 Å². The predicted octanol–water partition coefficient (Wildman–Crippen LogP) is 5.55. The van der Waals surface area contributed by atoms with Crippen LogP contribution in [0.2, 0.25) is 0 Å². The maximum absolute atomic E-state index is 13.5. The molecule has 2 aromatic heterocycles. The van der Waals surface area contributed by atoms with Gasteiger partial charge in [-0.25, -0.2) is 4.98 Å². The Balaban J connectivity index is 1.68. The van der Waals surface area contributed by atoms with Crippen molar-refractivity contribution in [2.75, 3.05) is 19.0 Å². The van der Waals surface area contributed by atoms with E-state index >= 15 is 0 Å². The summed E-state index contributed by atoms with van der Waals surface area (Å²) in [6, 6.07) is 22.7. The normalized spacial score (nSPS) is 11.7. The lowest BCUT2D eigenvalue weighted by molar-refractivity contribution is 0.242. The number of anilines is 1. The van der Waals surface area contributed by atoms with Crippen LogP contribution in [-0.4, -0.2) is 36.1 Å². The zero-order valence-corrected chi connectivity index (χ0v) is 20.1. The number of nitrogens with zero attached hydrogens (tertiary/aromatic N) is 4. The molecule has 0 saturated carbocycles. The van der Waals surface area contributed by atoms with Gasteiger partial charge >= 0.3 is 0 Å². The van der Waals surface area contributed by atoms with Crippen LogP contribution in [0.15, 0.2) is 87.1 Å². The van der Waals surface area contributed by atoms with Gasteiger partial charge in [0.05, 0.1) is 23.2 Å². The quantitative estimate of drug-likeness (QED) is 0.307. The topological polar surface area (TPSA) is 72.9 Å². The second-order valence-electron chi connectivity index (χ2n) is 8.75. The van der Waals surface area contributed by atoms with Crippen molar-refractivity contribution in [1.82, 2.24) is 9.66 Å². The third kappa shape index (κ3) is 4.40. The van der Waals surface area contributed by atoms with Gasteiger partial charge in [0.1, 0.15) is 11.3 Å². The minimum atomic E-state index is -0.279. The highest BCUT2D eigenvalue weighted by Crippen LogP contribution is 2.28. The Kier molecular flexibility index (Phi) is 5.82. The number of hydrogen-bond acceptors (Lipinski definition) is 6. The average molecular weight is 467 g/mol. The van der Waals surface area contributed by atoms with E-state index in [1.165, 1.54) is 4.68 Å². The van der Waals surface area contributed by atoms with Crippen molar-refractivity contribution in [3.05, 3.63) is 88.7 Å². The molecule has 0 aliphatic heterocycles. The zero-order valence-electron chi connectivity index (χ0n) is 20.1. The van der Waals surface area contributed by atoms with Crippen LogP contribution in [0.3, 0.4) is 0 Å². The second-order valence-corrected chi connectivity index (χ2v) is 8.75. The number of hydrogen-bond donors (Lipinski definition) is 0. The summed E-state index contributed by atoms with van der Waals surface area (Å²) in [6.07, 6.45) is 1.61. The van der Waals surface area contributed by atoms with Crippen molar-refractivity contribution in [2.24, 2.45) is 5.10 Å². The van der Waals surface area contributed by atoms with Crippen LogP contribution < -0.4 is 15.2 Å². The smallest absolute Gasteiger partial charge is 0.282 e. The Morgan fingerprint density at radius 3 is 2.57 bits per heavy atom. The molecule has 7 heteroatoms. The monoisotopic (exact) mass is 466 g/mol. The molecule has 0 spiro atoms. The molecule has 0 N–H and O–H groups in total. The Morgan fingerprint density at radius 1 is 1.03 bits per heavy atom. The number of furan rings is 1. The number of ether oxygens (including phenoxy) is 1. The number of para-hydroxylation sites is 2. The van der Waals surface area contributed by atoms with Crippen molar-refractivity contribution in [2.45, 2.75) is 20.0 Å². The molecule has 0 aliphatic carbocycles. The molecule has 0 saturated heterocycles. The molecule has 7 nitrogen and oxygen atoms in total. The summed E-state index contributed by atoms with van der Waals surface area (Å²) < 4.78 is 13.4. The molecule has 0 unspecified atom stereocenters. The fraction of sp³-hybridized carbons (Fsp3) is 0.179. The van der Waals surface area contributed by atoms with Crippen LogP contribution in [0.1, 0.15) is 19.4 Å². The van der Waals surface area contributed by atoms with Crippen LogP contribution in [0.4, 0.5) is 5.69 Å². The third-order valence-electron chi connectivity index (χ3n) is 5.59. The van der Waals surface area contributed by atoms with Crippen molar-refractivity contribution in [3.63, 3.8) is 0 Å². The van der Waals surface area contributed by atoms with Crippen LogP contribution in [0.5, 0.6) is 5.75 Å². The van der Waals surface area contributed by atoms with E-state index in [9.17, 15) is 4.79 Å². The van der Waals surface area contributed by atoms with Crippen LogP contribution in [-0.2, 0) is 0 Å². The van der Waals surface area contributed by atoms with Crippen LogP contribution >= 0.6 is 0 Å². The largest absolute Gasteiger partial charge is 0.490 e. The Bertz CT molecular complexity index is 1580. The lowest BCUT2D eigenvalue weighted by atomic mass is 10.2. The fourth-order valence-corrected chi connectivity index (χ4v) is 3.87. The molecule has 2 heterocycles. The van der Waals surface area contributed by atoms with E-state index in [0.717, 1.165) is 16.6 Å². The number of fused-ring (bicyclic) bond motifs is 2. The molecule has 35 heavy (non-hydrogen) atoms. The first-order valence-corrected chi connectivity index (χ1v) is 11.4. The maximum atomic E-state index is 13.5. The molecule has 0 atom stereocenters. The summed E-state index contributed by atoms with van der Waals surface area (Å²) >= 11 is 0.